The minimum Gasteiger partial charge on any atom is -0.370 e. The summed E-state index contributed by atoms with van der Waals surface area (Å²) in [5.41, 5.74) is 0.0869. The van der Waals surface area contributed by atoms with Gasteiger partial charge in [0.15, 0.2) is 0 Å². The van der Waals surface area contributed by atoms with Gasteiger partial charge in [-0.2, -0.15) is 5.10 Å². The highest BCUT2D eigenvalue weighted by Crippen LogP contribution is 2.26. The molecule has 2 heterocycles. The Bertz CT molecular complexity index is 512. The predicted molar refractivity (Wildman–Crippen MR) is 65.5 cm³/mol. The molecule has 0 atom stereocenters. The highest BCUT2D eigenvalue weighted by Gasteiger charge is 2.40. The van der Waals surface area contributed by atoms with Crippen LogP contribution in [-0.2, 0) is 6.54 Å². The topological polar surface area (TPSA) is 38.1 Å². The van der Waals surface area contributed by atoms with Crippen LogP contribution in [0.3, 0.4) is 0 Å². The van der Waals surface area contributed by atoms with Crippen molar-refractivity contribution in [1.82, 2.24) is 9.78 Å². The average Bonchev–Trinajstić information content (AvgIpc) is 2.91. The van der Waals surface area contributed by atoms with E-state index < -0.39 is 30.9 Å². The lowest BCUT2D eigenvalue weighted by Gasteiger charge is -2.18. The lowest BCUT2D eigenvalue weighted by Crippen LogP contribution is -2.32. The van der Waals surface area contributed by atoms with E-state index in [-0.39, 0.29) is 0 Å². The van der Waals surface area contributed by atoms with E-state index in [2.05, 4.69) is 5.10 Å². The quantitative estimate of drug-likeness (QED) is 0.781. The molecule has 4 nitrogen and oxygen atoms in total. The van der Waals surface area contributed by atoms with Crippen LogP contribution in [0, 0.1) is 0 Å². The van der Waals surface area contributed by atoms with Gasteiger partial charge in [0.1, 0.15) is 0 Å². The standard InChI is InChI=1S/C12H15F4N3O/c13-11(14)12(15,16)3-6-19-10(20)7-9(8-17-19)18-4-1-2-5-18/h7-8,11H,1-6H2. The summed E-state index contributed by atoms with van der Waals surface area (Å²) in [6, 6.07) is 1.30. The molecule has 2 rings (SSSR count). The maximum atomic E-state index is 12.8. The molecule has 1 aliphatic heterocycles. The first-order valence-electron chi connectivity index (χ1n) is 6.38. The Kier molecular flexibility index (Phi) is 4.29. The van der Waals surface area contributed by atoms with Gasteiger partial charge in [0.05, 0.1) is 18.4 Å². The van der Waals surface area contributed by atoms with Crippen LogP contribution in [0.2, 0.25) is 0 Å². The number of nitrogens with zero attached hydrogens (tertiary/aromatic N) is 3. The van der Waals surface area contributed by atoms with Gasteiger partial charge in [-0.15, -0.1) is 0 Å². The lowest BCUT2D eigenvalue weighted by molar-refractivity contribution is -0.135. The molecule has 1 aromatic rings. The van der Waals surface area contributed by atoms with E-state index in [9.17, 15) is 22.4 Å². The fourth-order valence-electron chi connectivity index (χ4n) is 2.10. The maximum absolute atomic E-state index is 12.8. The summed E-state index contributed by atoms with van der Waals surface area (Å²) in [7, 11) is 0. The van der Waals surface area contributed by atoms with Crippen molar-refractivity contribution in [2.75, 3.05) is 18.0 Å². The van der Waals surface area contributed by atoms with E-state index in [1.807, 2.05) is 4.90 Å². The first-order chi connectivity index (χ1) is 9.40. The van der Waals surface area contributed by atoms with Gasteiger partial charge in [-0.1, -0.05) is 0 Å². The Labute approximate surface area is 113 Å². The molecule has 0 saturated carbocycles. The summed E-state index contributed by atoms with van der Waals surface area (Å²) >= 11 is 0. The zero-order valence-electron chi connectivity index (χ0n) is 10.7. The summed E-state index contributed by atoms with van der Waals surface area (Å²) in [6.07, 6.45) is -1.37. The van der Waals surface area contributed by atoms with Gasteiger partial charge < -0.3 is 4.90 Å². The third kappa shape index (κ3) is 3.29. The van der Waals surface area contributed by atoms with E-state index in [4.69, 9.17) is 0 Å². The van der Waals surface area contributed by atoms with Crippen molar-refractivity contribution in [3.63, 3.8) is 0 Å². The Morgan fingerprint density at radius 2 is 1.95 bits per heavy atom. The van der Waals surface area contributed by atoms with Crippen molar-refractivity contribution in [2.45, 2.75) is 38.2 Å². The van der Waals surface area contributed by atoms with E-state index in [1.165, 1.54) is 12.3 Å². The number of anilines is 1. The van der Waals surface area contributed by atoms with Crippen molar-refractivity contribution >= 4 is 5.69 Å². The van der Waals surface area contributed by atoms with Crippen LogP contribution in [-0.4, -0.2) is 35.2 Å². The van der Waals surface area contributed by atoms with Gasteiger partial charge in [0.2, 0.25) is 0 Å². The molecule has 0 N–H and O–H groups in total. The number of halogens is 4. The molecule has 0 unspecified atom stereocenters. The first kappa shape index (κ1) is 14.8. The van der Waals surface area contributed by atoms with Crippen molar-refractivity contribution in [1.29, 1.82) is 0 Å². The Morgan fingerprint density at radius 1 is 1.30 bits per heavy atom. The molecule has 0 aliphatic carbocycles. The molecule has 0 radical (unpaired) electrons. The van der Waals surface area contributed by atoms with Gasteiger partial charge in [-0.3, -0.25) is 4.79 Å². The summed E-state index contributed by atoms with van der Waals surface area (Å²) in [4.78, 5) is 13.7. The lowest BCUT2D eigenvalue weighted by atomic mass is 10.2. The SMILES string of the molecule is O=c1cc(N2CCCC2)cnn1CCC(F)(F)C(F)F. The van der Waals surface area contributed by atoms with Crippen LogP contribution in [0.4, 0.5) is 23.2 Å². The molecule has 0 spiro atoms. The largest absolute Gasteiger partial charge is 0.370 e. The molecular formula is C12H15F4N3O. The highest BCUT2D eigenvalue weighted by molar-refractivity contribution is 5.43. The number of aryl methyl sites for hydroxylation is 1. The number of alkyl halides is 4. The third-order valence-electron chi connectivity index (χ3n) is 3.30. The molecule has 0 bridgehead atoms. The number of hydrogen-bond donors (Lipinski definition) is 0. The summed E-state index contributed by atoms with van der Waals surface area (Å²) < 4.78 is 50.4. The van der Waals surface area contributed by atoms with Crippen LogP contribution >= 0.6 is 0 Å². The zero-order valence-corrected chi connectivity index (χ0v) is 10.7. The molecule has 20 heavy (non-hydrogen) atoms. The van der Waals surface area contributed by atoms with Crippen molar-refractivity contribution in [3.05, 3.63) is 22.6 Å². The molecule has 1 aromatic heterocycles. The van der Waals surface area contributed by atoms with Crippen LogP contribution in [0.25, 0.3) is 0 Å². The monoisotopic (exact) mass is 293 g/mol. The molecular weight excluding hydrogens is 278 g/mol. The van der Waals surface area contributed by atoms with Crippen LogP contribution in [0.5, 0.6) is 0 Å². The number of aromatic nitrogens is 2. The second kappa shape index (κ2) is 5.80. The zero-order chi connectivity index (χ0) is 14.8. The van der Waals surface area contributed by atoms with Crippen LogP contribution in [0.1, 0.15) is 19.3 Å². The summed E-state index contributed by atoms with van der Waals surface area (Å²) in [6.45, 7) is 1.12. The summed E-state index contributed by atoms with van der Waals surface area (Å²) in [5, 5.41) is 3.77. The second-order valence-electron chi connectivity index (χ2n) is 4.78. The van der Waals surface area contributed by atoms with Crippen LogP contribution in [0.15, 0.2) is 17.1 Å². The smallest absolute Gasteiger partial charge is 0.309 e. The minimum absolute atomic E-state index is 0.531. The van der Waals surface area contributed by atoms with Gasteiger partial charge >= 0.3 is 12.3 Å². The van der Waals surface area contributed by atoms with E-state index in [1.54, 1.807) is 0 Å². The molecule has 1 saturated heterocycles. The molecule has 0 aromatic carbocycles. The highest BCUT2D eigenvalue weighted by atomic mass is 19.3. The maximum Gasteiger partial charge on any atom is 0.309 e. The number of hydrogen-bond acceptors (Lipinski definition) is 3. The molecule has 1 fully saturated rings. The first-order valence-corrected chi connectivity index (χ1v) is 6.38. The molecule has 0 amide bonds. The average molecular weight is 293 g/mol. The third-order valence-corrected chi connectivity index (χ3v) is 3.30. The Balaban J connectivity index is 2.05. The Morgan fingerprint density at radius 3 is 2.50 bits per heavy atom. The van der Waals surface area contributed by atoms with Gasteiger partial charge in [-0.05, 0) is 12.8 Å². The van der Waals surface area contributed by atoms with Gasteiger partial charge in [-0.25, -0.2) is 22.2 Å². The minimum atomic E-state index is -4.10. The predicted octanol–water partition coefficient (Wildman–Crippen LogP) is 2.13. The van der Waals surface area contributed by atoms with Crippen molar-refractivity contribution < 1.29 is 17.6 Å². The fraction of sp³-hybridized carbons (Fsp3) is 0.667. The Hall–Kier alpha value is -1.60. The van der Waals surface area contributed by atoms with E-state index in [0.29, 0.717) is 5.69 Å². The van der Waals surface area contributed by atoms with E-state index in [0.717, 1.165) is 30.6 Å². The van der Waals surface area contributed by atoms with Crippen molar-refractivity contribution in [2.24, 2.45) is 0 Å². The van der Waals surface area contributed by atoms with Crippen molar-refractivity contribution in [3.8, 4) is 0 Å². The summed E-state index contributed by atoms with van der Waals surface area (Å²) in [5.74, 6) is -4.10. The fourth-order valence-corrected chi connectivity index (χ4v) is 2.10. The van der Waals surface area contributed by atoms with Gasteiger partial charge in [0, 0.05) is 25.6 Å². The molecule has 1 aliphatic rings. The normalized spacial score (nSPS) is 16.1. The van der Waals surface area contributed by atoms with Crippen LogP contribution < -0.4 is 10.5 Å². The van der Waals surface area contributed by atoms with Gasteiger partial charge in [0.25, 0.3) is 5.56 Å². The molecule has 112 valence electrons. The van der Waals surface area contributed by atoms with E-state index >= 15 is 0 Å². The number of rotatable bonds is 5. The second-order valence-corrected chi connectivity index (χ2v) is 4.78. The molecule has 8 heteroatoms.